The summed E-state index contributed by atoms with van der Waals surface area (Å²) in [4.78, 5) is 26.2. The minimum Gasteiger partial charge on any atom is -0.420 e. The third kappa shape index (κ3) is 5.72. The van der Waals surface area contributed by atoms with Gasteiger partial charge >= 0.3 is 5.57 Å². The van der Waals surface area contributed by atoms with Crippen LogP contribution in [0.1, 0.15) is 56.0 Å². The molecule has 37 heavy (non-hydrogen) atoms. The maximum absolute atomic E-state index is 13.3. The molecule has 0 radical (unpaired) electrons. The maximum atomic E-state index is 13.3. The predicted octanol–water partition coefficient (Wildman–Crippen LogP) is 7.63. The van der Waals surface area contributed by atoms with Crippen molar-refractivity contribution in [3.8, 4) is 5.75 Å². The van der Waals surface area contributed by atoms with Gasteiger partial charge < -0.3 is 19.8 Å². The molecule has 0 saturated heterocycles. The molecular weight excluding hydrogens is 586 g/mol. The Morgan fingerprint density at radius 3 is 2.46 bits per heavy atom. The van der Waals surface area contributed by atoms with Crippen LogP contribution in [0.3, 0.4) is 0 Å². The van der Waals surface area contributed by atoms with E-state index in [0.717, 1.165) is 12.0 Å². The van der Waals surface area contributed by atoms with Crippen molar-refractivity contribution in [2.75, 3.05) is 10.6 Å². The molecule has 2 aromatic rings. The van der Waals surface area contributed by atoms with Gasteiger partial charge in [0.2, 0.25) is 5.91 Å². The largest absolute Gasteiger partial charge is 0.487 e. The van der Waals surface area contributed by atoms with Gasteiger partial charge in [-0.05, 0) is 73.8 Å². The van der Waals surface area contributed by atoms with Crippen molar-refractivity contribution in [2.45, 2.75) is 75.3 Å². The minimum absolute atomic E-state index is 0.00169. The number of nitrogens with one attached hydrogen (secondary N) is 2. The van der Waals surface area contributed by atoms with Crippen LogP contribution >= 0.6 is 27.5 Å². The molecule has 6 nitrogen and oxygen atoms in total. The first-order chi connectivity index (χ1) is 17.0. The highest BCUT2D eigenvalue weighted by molar-refractivity contribution is 9.10. The van der Waals surface area contributed by atoms with E-state index in [-0.39, 0.29) is 22.8 Å². The molecule has 1 aliphatic carbocycles. The van der Waals surface area contributed by atoms with Crippen LogP contribution in [0.15, 0.2) is 40.9 Å². The zero-order valence-corrected chi connectivity index (χ0v) is 24.6. The number of carbonyl (C=O) groups is 2. The molecule has 11 heteroatoms. The van der Waals surface area contributed by atoms with Gasteiger partial charge in [-0.15, -0.1) is 8.78 Å². The number of ether oxygens (including phenoxy) is 1. The fourth-order valence-electron chi connectivity index (χ4n) is 4.75. The van der Waals surface area contributed by atoms with Crippen LogP contribution in [0.25, 0.3) is 0 Å². The van der Waals surface area contributed by atoms with Gasteiger partial charge in [0.1, 0.15) is 5.75 Å². The van der Waals surface area contributed by atoms with E-state index in [1.165, 1.54) is 24.3 Å². The van der Waals surface area contributed by atoms with Crippen molar-refractivity contribution < 1.29 is 27.5 Å². The van der Waals surface area contributed by atoms with Crippen LogP contribution in [-0.4, -0.2) is 31.8 Å². The van der Waals surface area contributed by atoms with Crippen molar-refractivity contribution in [3.63, 3.8) is 0 Å². The Morgan fingerprint density at radius 1 is 1.22 bits per heavy atom. The summed E-state index contributed by atoms with van der Waals surface area (Å²) in [7, 11) is -1.99. The maximum Gasteiger partial charge on any atom is 0.487 e. The van der Waals surface area contributed by atoms with Gasteiger partial charge in [0.05, 0.1) is 5.41 Å². The molecule has 2 amide bonds. The number of hydrogen-bond acceptors (Lipinski definition) is 4. The van der Waals surface area contributed by atoms with Crippen LogP contribution < -0.4 is 15.4 Å². The van der Waals surface area contributed by atoms with Gasteiger partial charge in [-0.3, -0.25) is 9.59 Å². The monoisotopic (exact) mass is 614 g/mol. The topological polar surface area (TPSA) is 76.7 Å². The molecule has 1 heterocycles. The SMILES string of the molecule is CC(C)(C)[Si](C)(C)OC1CCC2(C1)C(=O)Nc1cc(C(=O)Nc3ccc(OC(F)(F)Cl)cc3)cc(Br)c12. The Balaban J connectivity index is 1.52. The number of hydrogen-bond donors (Lipinski definition) is 2. The Hall–Kier alpha value is -2.01. The van der Waals surface area contributed by atoms with Gasteiger partial charge in [0.15, 0.2) is 8.32 Å². The lowest BCUT2D eigenvalue weighted by atomic mass is 9.79. The molecule has 200 valence electrons. The van der Waals surface area contributed by atoms with Gasteiger partial charge in [0.25, 0.3) is 5.91 Å². The summed E-state index contributed by atoms with van der Waals surface area (Å²) in [5, 5.41) is 5.77. The summed E-state index contributed by atoms with van der Waals surface area (Å²) in [6.45, 7) is 11.0. The standard InChI is InChI=1S/C26H30BrClF2N2O4Si/c1-24(2,3)37(4,5)36-18-10-11-25(14-18)21-19(27)12-15(13-20(21)32-23(25)34)22(33)31-16-6-8-17(9-7-16)35-26(28,29)30/h6-9,12-13,18H,10-11,14H2,1-5H3,(H,31,33)(H,32,34). The molecular formula is C26H30BrClF2N2O4Si. The van der Waals surface area contributed by atoms with Gasteiger partial charge in [0, 0.05) is 44.7 Å². The first kappa shape index (κ1) is 28.0. The number of rotatable bonds is 6. The normalized spacial score (nSPS) is 21.6. The second-order valence-corrected chi connectivity index (χ2v) is 17.2. The van der Waals surface area contributed by atoms with E-state index < -0.39 is 25.2 Å². The number of halogens is 4. The average molecular weight is 616 g/mol. The Labute approximate surface area is 229 Å². The molecule has 2 N–H and O–H groups in total. The van der Waals surface area contributed by atoms with Crippen LogP contribution in [0.2, 0.25) is 18.1 Å². The van der Waals surface area contributed by atoms with Crippen LogP contribution in [0, 0.1) is 0 Å². The summed E-state index contributed by atoms with van der Waals surface area (Å²) in [6, 6.07) is 8.76. The number of benzene rings is 2. The van der Waals surface area contributed by atoms with E-state index in [9.17, 15) is 18.4 Å². The first-order valence-electron chi connectivity index (χ1n) is 12.0. The lowest BCUT2D eigenvalue weighted by Crippen LogP contribution is -2.44. The third-order valence-electron chi connectivity index (χ3n) is 7.60. The minimum atomic E-state index is -3.82. The summed E-state index contributed by atoms with van der Waals surface area (Å²) >= 11 is 8.39. The highest BCUT2D eigenvalue weighted by atomic mass is 79.9. The molecule has 2 atom stereocenters. The molecule has 1 aliphatic heterocycles. The fraction of sp³-hybridized carbons (Fsp3) is 0.462. The summed E-state index contributed by atoms with van der Waals surface area (Å²) in [5.41, 5.74) is -2.34. The van der Waals surface area contributed by atoms with Crippen molar-refractivity contribution >= 4 is 59.0 Å². The summed E-state index contributed by atoms with van der Waals surface area (Å²) < 4.78 is 37.2. The molecule has 4 rings (SSSR count). The number of anilines is 2. The average Bonchev–Trinajstić information content (AvgIpc) is 3.28. The summed E-state index contributed by atoms with van der Waals surface area (Å²) in [5.74, 6) is -0.631. The zero-order valence-electron chi connectivity index (χ0n) is 21.3. The van der Waals surface area contributed by atoms with E-state index in [0.29, 0.717) is 34.3 Å². The van der Waals surface area contributed by atoms with E-state index >= 15 is 0 Å². The van der Waals surface area contributed by atoms with Crippen molar-refractivity contribution in [1.29, 1.82) is 0 Å². The second kappa shape index (κ2) is 9.62. The number of fused-ring (bicyclic) bond motifs is 2. The quantitative estimate of drug-likeness (QED) is 0.259. The zero-order chi connectivity index (χ0) is 27.4. The molecule has 0 bridgehead atoms. The molecule has 0 aromatic heterocycles. The van der Waals surface area contributed by atoms with Crippen molar-refractivity contribution in [2.24, 2.45) is 0 Å². The molecule has 2 unspecified atom stereocenters. The van der Waals surface area contributed by atoms with E-state index in [1.807, 2.05) is 0 Å². The van der Waals surface area contributed by atoms with Crippen LogP contribution in [-0.2, 0) is 14.6 Å². The van der Waals surface area contributed by atoms with E-state index in [1.54, 1.807) is 12.1 Å². The molecule has 1 fully saturated rings. The predicted molar refractivity (Wildman–Crippen MR) is 146 cm³/mol. The molecule has 2 aromatic carbocycles. The Bertz CT molecular complexity index is 1230. The Kier molecular flexibility index (Phi) is 7.29. The highest BCUT2D eigenvalue weighted by Crippen LogP contribution is 2.53. The van der Waals surface area contributed by atoms with Gasteiger partial charge in [-0.25, -0.2) is 0 Å². The van der Waals surface area contributed by atoms with E-state index in [4.69, 9.17) is 16.0 Å². The molecule has 2 aliphatic rings. The number of alkyl halides is 3. The highest BCUT2D eigenvalue weighted by Gasteiger charge is 2.54. The first-order valence-corrected chi connectivity index (χ1v) is 16.1. The number of carbonyl (C=O) groups excluding carboxylic acids is 2. The lowest BCUT2D eigenvalue weighted by molar-refractivity contribution is -0.120. The molecule has 1 saturated carbocycles. The Morgan fingerprint density at radius 2 is 1.86 bits per heavy atom. The van der Waals surface area contributed by atoms with Gasteiger partial charge in [-0.1, -0.05) is 36.7 Å². The third-order valence-corrected chi connectivity index (χ3v) is 12.8. The smallest absolute Gasteiger partial charge is 0.420 e. The van der Waals surface area contributed by atoms with Gasteiger partial charge in [-0.2, -0.15) is 0 Å². The lowest BCUT2D eigenvalue weighted by Gasteiger charge is -2.38. The van der Waals surface area contributed by atoms with Crippen molar-refractivity contribution in [3.05, 3.63) is 52.0 Å². The molecule has 1 spiro atoms. The summed E-state index contributed by atoms with van der Waals surface area (Å²) in [6.07, 6.45) is 2.06. The fourth-order valence-corrected chi connectivity index (χ4v) is 7.07. The van der Waals surface area contributed by atoms with E-state index in [2.05, 4.69) is 65.2 Å². The number of amides is 2. The van der Waals surface area contributed by atoms with Crippen molar-refractivity contribution in [1.82, 2.24) is 0 Å². The van der Waals surface area contributed by atoms with Crippen LogP contribution in [0.5, 0.6) is 5.75 Å². The second-order valence-electron chi connectivity index (χ2n) is 11.2. The van der Waals surface area contributed by atoms with Crippen LogP contribution in [0.4, 0.5) is 20.2 Å².